The smallest absolute Gasteiger partial charge is 0.233 e. The van der Waals surface area contributed by atoms with Crippen LogP contribution in [0.1, 0.15) is 25.0 Å². The van der Waals surface area contributed by atoms with Gasteiger partial charge in [0.25, 0.3) is 0 Å². The van der Waals surface area contributed by atoms with E-state index in [-0.39, 0.29) is 11.2 Å². The molecule has 0 aliphatic rings. The third-order valence-corrected chi connectivity index (χ3v) is 5.29. The number of carbonyl (C=O) groups excluding carboxylic acids is 1. The Morgan fingerprint density at radius 1 is 1.15 bits per heavy atom. The molecule has 0 unspecified atom stereocenters. The first-order chi connectivity index (χ1) is 13.1. The number of aromatic nitrogens is 4. The fourth-order valence-electron chi connectivity index (χ4n) is 2.63. The number of amides is 1. The molecule has 140 valence electrons. The van der Waals surface area contributed by atoms with Crippen molar-refractivity contribution in [1.29, 1.82) is 0 Å². The molecule has 1 atom stereocenters. The summed E-state index contributed by atoms with van der Waals surface area (Å²) < 4.78 is 2.02. The summed E-state index contributed by atoms with van der Waals surface area (Å²) in [5, 5.41) is 12.1. The summed E-state index contributed by atoms with van der Waals surface area (Å²) in [6.07, 6.45) is 3.47. The van der Waals surface area contributed by atoms with Crippen molar-refractivity contribution in [3.8, 4) is 11.4 Å². The highest BCUT2D eigenvalue weighted by atomic mass is 32.2. The lowest BCUT2D eigenvalue weighted by atomic mass is 10.1. The summed E-state index contributed by atoms with van der Waals surface area (Å²) in [4.78, 5) is 16.5. The Morgan fingerprint density at radius 2 is 1.85 bits per heavy atom. The molecule has 7 heteroatoms. The SMILES string of the molecule is CCn1c(S[C@@H](C)C(=O)NCc2ccc(C)cc2)nnc1-c1ccncc1. The van der Waals surface area contributed by atoms with Gasteiger partial charge in [-0.25, -0.2) is 0 Å². The minimum Gasteiger partial charge on any atom is -0.351 e. The predicted octanol–water partition coefficient (Wildman–Crippen LogP) is 3.47. The summed E-state index contributed by atoms with van der Waals surface area (Å²) >= 11 is 1.42. The molecular weight excluding hydrogens is 358 g/mol. The van der Waals surface area contributed by atoms with E-state index in [1.54, 1.807) is 12.4 Å². The minimum absolute atomic E-state index is 0.0170. The van der Waals surface area contributed by atoms with Crippen LogP contribution in [0, 0.1) is 6.92 Å². The van der Waals surface area contributed by atoms with Crippen molar-refractivity contribution in [3.05, 3.63) is 59.9 Å². The second-order valence-electron chi connectivity index (χ2n) is 6.25. The first-order valence-electron chi connectivity index (χ1n) is 8.92. The Morgan fingerprint density at radius 3 is 2.52 bits per heavy atom. The topological polar surface area (TPSA) is 72.7 Å². The molecule has 6 nitrogen and oxygen atoms in total. The molecule has 0 aliphatic heterocycles. The van der Waals surface area contributed by atoms with Crippen LogP contribution >= 0.6 is 11.8 Å². The van der Waals surface area contributed by atoms with Crippen molar-refractivity contribution in [2.75, 3.05) is 0 Å². The van der Waals surface area contributed by atoms with Crippen LogP contribution in [0.25, 0.3) is 11.4 Å². The van der Waals surface area contributed by atoms with Crippen LogP contribution in [-0.2, 0) is 17.9 Å². The summed E-state index contributed by atoms with van der Waals surface area (Å²) in [7, 11) is 0. The molecular formula is C20H23N5OS. The van der Waals surface area contributed by atoms with Crippen LogP contribution < -0.4 is 5.32 Å². The summed E-state index contributed by atoms with van der Waals surface area (Å²) in [5.74, 6) is 0.770. The number of pyridine rings is 1. The number of nitrogens with one attached hydrogen (secondary N) is 1. The van der Waals surface area contributed by atoms with E-state index in [2.05, 4.69) is 20.5 Å². The summed E-state index contributed by atoms with van der Waals surface area (Å²) in [6, 6.07) is 12.0. The molecule has 3 rings (SSSR count). The number of hydrogen-bond donors (Lipinski definition) is 1. The molecule has 0 aliphatic carbocycles. The molecule has 2 heterocycles. The normalized spacial score (nSPS) is 12.0. The van der Waals surface area contributed by atoms with Gasteiger partial charge in [0.2, 0.25) is 5.91 Å². The van der Waals surface area contributed by atoms with Crippen LogP contribution in [0.3, 0.4) is 0 Å². The molecule has 27 heavy (non-hydrogen) atoms. The standard InChI is InChI=1S/C20H23N5OS/c1-4-25-18(17-9-11-21-12-10-17)23-24-20(25)27-15(3)19(26)22-13-16-7-5-14(2)6-8-16/h5-12,15H,4,13H2,1-3H3,(H,22,26)/t15-/m0/s1. The highest BCUT2D eigenvalue weighted by Crippen LogP contribution is 2.26. The van der Waals surface area contributed by atoms with Crippen molar-refractivity contribution in [2.45, 2.75) is 44.3 Å². The summed E-state index contributed by atoms with van der Waals surface area (Å²) in [6.45, 7) is 7.22. The van der Waals surface area contributed by atoms with E-state index in [1.165, 1.54) is 17.3 Å². The van der Waals surface area contributed by atoms with Crippen LogP contribution in [0.4, 0.5) is 0 Å². The van der Waals surface area contributed by atoms with Crippen LogP contribution in [0.15, 0.2) is 53.9 Å². The van der Waals surface area contributed by atoms with Gasteiger partial charge in [-0.15, -0.1) is 10.2 Å². The van der Waals surface area contributed by atoms with Crippen molar-refractivity contribution >= 4 is 17.7 Å². The first kappa shape index (κ1) is 19.1. The molecule has 0 saturated carbocycles. The van der Waals surface area contributed by atoms with E-state index in [1.807, 2.05) is 61.7 Å². The molecule has 0 bridgehead atoms. The lowest BCUT2D eigenvalue weighted by Gasteiger charge is -2.13. The van der Waals surface area contributed by atoms with Gasteiger partial charge in [0.1, 0.15) is 0 Å². The fraction of sp³-hybridized carbons (Fsp3) is 0.300. The maximum Gasteiger partial charge on any atom is 0.233 e. The number of aryl methyl sites for hydroxylation is 1. The molecule has 0 fully saturated rings. The number of benzene rings is 1. The molecule has 1 amide bonds. The molecule has 3 aromatic rings. The van der Waals surface area contributed by atoms with Crippen LogP contribution in [0.2, 0.25) is 0 Å². The third-order valence-electron chi connectivity index (χ3n) is 4.21. The Hall–Kier alpha value is -2.67. The molecule has 1 aromatic carbocycles. The van der Waals surface area contributed by atoms with E-state index < -0.39 is 0 Å². The van der Waals surface area contributed by atoms with E-state index in [4.69, 9.17) is 0 Å². The number of nitrogens with zero attached hydrogens (tertiary/aromatic N) is 4. The van der Waals surface area contributed by atoms with Gasteiger partial charge in [-0.1, -0.05) is 41.6 Å². The number of thioether (sulfide) groups is 1. The van der Waals surface area contributed by atoms with Gasteiger partial charge in [0.05, 0.1) is 5.25 Å². The fourth-order valence-corrected chi connectivity index (χ4v) is 3.56. The molecule has 2 aromatic heterocycles. The maximum absolute atomic E-state index is 12.5. The predicted molar refractivity (Wildman–Crippen MR) is 107 cm³/mol. The largest absolute Gasteiger partial charge is 0.351 e. The van der Waals surface area contributed by atoms with E-state index >= 15 is 0 Å². The van der Waals surface area contributed by atoms with Gasteiger partial charge in [0, 0.05) is 31.0 Å². The van der Waals surface area contributed by atoms with Crippen molar-refractivity contribution in [2.24, 2.45) is 0 Å². The van der Waals surface area contributed by atoms with Crippen LogP contribution in [-0.4, -0.2) is 30.9 Å². The Labute approximate surface area is 163 Å². The van der Waals surface area contributed by atoms with E-state index in [9.17, 15) is 4.79 Å². The van der Waals surface area contributed by atoms with Crippen LogP contribution in [0.5, 0.6) is 0 Å². The number of rotatable bonds is 7. The van der Waals surface area contributed by atoms with Gasteiger partial charge in [-0.05, 0) is 38.5 Å². The van der Waals surface area contributed by atoms with Crippen molar-refractivity contribution in [1.82, 2.24) is 25.1 Å². The van der Waals surface area contributed by atoms with Gasteiger partial charge in [-0.3, -0.25) is 9.78 Å². The van der Waals surface area contributed by atoms with Gasteiger partial charge in [-0.2, -0.15) is 0 Å². The zero-order valence-corrected chi connectivity index (χ0v) is 16.5. The van der Waals surface area contributed by atoms with E-state index in [0.717, 1.165) is 28.7 Å². The average molecular weight is 382 g/mol. The monoisotopic (exact) mass is 381 g/mol. The average Bonchev–Trinajstić information content (AvgIpc) is 3.10. The van der Waals surface area contributed by atoms with Crippen molar-refractivity contribution in [3.63, 3.8) is 0 Å². The lowest BCUT2D eigenvalue weighted by molar-refractivity contribution is -0.120. The lowest BCUT2D eigenvalue weighted by Crippen LogP contribution is -2.30. The highest BCUT2D eigenvalue weighted by Gasteiger charge is 2.20. The number of hydrogen-bond acceptors (Lipinski definition) is 5. The van der Waals surface area contributed by atoms with Gasteiger partial charge in [0.15, 0.2) is 11.0 Å². The second kappa shape index (κ2) is 8.81. The van der Waals surface area contributed by atoms with Gasteiger partial charge >= 0.3 is 0 Å². The Bertz CT molecular complexity index is 892. The quantitative estimate of drug-likeness (QED) is 0.635. The molecule has 0 radical (unpaired) electrons. The van der Waals surface area contributed by atoms with Crippen molar-refractivity contribution < 1.29 is 4.79 Å². The minimum atomic E-state index is -0.268. The molecule has 1 N–H and O–H groups in total. The maximum atomic E-state index is 12.5. The van der Waals surface area contributed by atoms with Gasteiger partial charge < -0.3 is 9.88 Å². The molecule has 0 saturated heterocycles. The third kappa shape index (κ3) is 4.74. The zero-order valence-electron chi connectivity index (χ0n) is 15.7. The Kier molecular flexibility index (Phi) is 6.24. The number of carbonyl (C=O) groups is 1. The molecule has 0 spiro atoms. The zero-order chi connectivity index (χ0) is 19.2. The first-order valence-corrected chi connectivity index (χ1v) is 9.80. The second-order valence-corrected chi connectivity index (χ2v) is 7.56. The summed E-state index contributed by atoms with van der Waals surface area (Å²) in [5.41, 5.74) is 3.25. The van der Waals surface area contributed by atoms with E-state index in [0.29, 0.717) is 6.54 Å². The highest BCUT2D eigenvalue weighted by molar-refractivity contribution is 8.00. The Balaban J connectivity index is 1.65.